The van der Waals surface area contributed by atoms with Gasteiger partial charge in [-0.2, -0.15) is 5.70 Å². The van der Waals surface area contributed by atoms with Gasteiger partial charge < -0.3 is 34.8 Å². The summed E-state index contributed by atoms with van der Waals surface area (Å²) in [5.74, 6) is -2.35. The third-order valence-electron chi connectivity index (χ3n) is 10.2. The van der Waals surface area contributed by atoms with Crippen LogP contribution in [0.4, 0.5) is 0 Å². The van der Waals surface area contributed by atoms with Crippen LogP contribution in [-0.2, 0) is 25.5 Å². The Morgan fingerprint density at radius 3 is 2.39 bits per heavy atom. The van der Waals surface area contributed by atoms with Crippen LogP contribution >= 0.6 is 0 Å². The van der Waals surface area contributed by atoms with Gasteiger partial charge in [-0.05, 0) is 57.9 Å². The number of aliphatic hydroxyl groups excluding tert-OH is 1. The second kappa shape index (κ2) is 14.4. The first kappa shape index (κ1) is 36.1. The van der Waals surface area contributed by atoms with Gasteiger partial charge in [-0.1, -0.05) is 90.8 Å². The molecule has 49 heavy (non-hydrogen) atoms. The quantitative estimate of drug-likeness (QED) is 0.220. The van der Waals surface area contributed by atoms with Crippen molar-refractivity contribution in [3.8, 4) is 0 Å². The molecule has 1 fully saturated rings. The average Bonchev–Trinajstić information content (AvgIpc) is 3.80. The molecule has 1 saturated heterocycles. The predicted molar refractivity (Wildman–Crippen MR) is 192 cm³/mol. The van der Waals surface area contributed by atoms with E-state index in [9.17, 15) is 14.7 Å². The van der Waals surface area contributed by atoms with Crippen LogP contribution in [0, 0.1) is 38.5 Å². The van der Waals surface area contributed by atoms with E-state index in [2.05, 4.69) is 27.4 Å². The van der Waals surface area contributed by atoms with Crippen LogP contribution in [0.15, 0.2) is 24.4 Å². The van der Waals surface area contributed by atoms with Crippen molar-refractivity contribution in [1.29, 1.82) is 0 Å². The maximum absolute atomic E-state index is 13.4. The zero-order valence-electron chi connectivity index (χ0n) is 29.4. The van der Waals surface area contributed by atoms with Crippen LogP contribution in [0.25, 0.3) is 41.0 Å². The fourth-order valence-electron chi connectivity index (χ4n) is 7.51. The zero-order valence-corrected chi connectivity index (χ0v) is 30.8. The summed E-state index contributed by atoms with van der Waals surface area (Å²) in [7, 11) is 1.31. The van der Waals surface area contributed by atoms with Crippen molar-refractivity contribution < 1.29 is 24.2 Å². The Hall–Kier alpha value is -4.15. The molecule has 3 aromatic heterocycles. The van der Waals surface area contributed by atoms with Gasteiger partial charge in [0.15, 0.2) is 0 Å². The van der Waals surface area contributed by atoms with Crippen molar-refractivity contribution in [3.63, 3.8) is 0 Å². The number of nitrogens with zero attached hydrogens (tertiary/aromatic N) is 4. The molecule has 9 nitrogen and oxygen atoms in total. The molecule has 0 saturated carbocycles. The Morgan fingerprint density at radius 2 is 1.71 bits per heavy atom. The number of allylic oxidation sites excluding steroid dienone is 2. The molecule has 10 heteroatoms. The van der Waals surface area contributed by atoms with E-state index in [1.54, 1.807) is 6.08 Å². The van der Waals surface area contributed by atoms with Gasteiger partial charge in [0.1, 0.15) is 18.3 Å². The average molecular weight is 671 g/mol. The number of carbonyl (C=O) groups is 2. The molecule has 2 aliphatic heterocycles. The molecule has 0 aromatic carbocycles. The fraction of sp³-hybridized carbons (Fsp3) is 0.385. The van der Waals surface area contributed by atoms with Crippen LogP contribution in [0.3, 0.4) is 0 Å². The number of esters is 2. The summed E-state index contributed by atoms with van der Waals surface area (Å²) in [5, 5.41) is 19.7. The molecular formula is C39H42MgN4O5-2. The van der Waals surface area contributed by atoms with Crippen LogP contribution in [0.1, 0.15) is 78.5 Å². The van der Waals surface area contributed by atoms with Gasteiger partial charge in [0.25, 0.3) is 0 Å². The molecule has 5 heterocycles. The molecular weight excluding hydrogens is 629 g/mol. The van der Waals surface area contributed by atoms with Gasteiger partial charge in [0.2, 0.25) is 0 Å². The van der Waals surface area contributed by atoms with Crippen molar-refractivity contribution in [2.75, 3.05) is 13.7 Å². The Bertz CT molecular complexity index is 2140. The summed E-state index contributed by atoms with van der Waals surface area (Å²) in [4.78, 5) is 41.3. The van der Waals surface area contributed by atoms with Crippen molar-refractivity contribution in [1.82, 2.24) is 15.0 Å². The minimum Gasteiger partial charge on any atom is -0.681 e. The van der Waals surface area contributed by atoms with E-state index in [1.807, 2.05) is 51.2 Å². The molecule has 252 valence electrons. The molecule has 3 aliphatic rings. The Morgan fingerprint density at radius 1 is 1.00 bits per heavy atom. The number of hydrogen-bond acceptors (Lipinski definition) is 5. The van der Waals surface area contributed by atoms with E-state index in [-0.39, 0.29) is 59.6 Å². The summed E-state index contributed by atoms with van der Waals surface area (Å²) < 4.78 is 10.7. The number of aliphatic hydroxyl groups is 1. The SMILES string of the molecule is C=Cc1c2[n-]c(c1C)/C=C1\[N-]C(C3=c4[n-]c(c(C)c4=C(O)[C@@H]3C(=O)OC)/C=c3\[n-]/c(c(C)c3CC)=C\2)[C@@H](CCC(=O)OC/C=C\C)[C@@H]1C.[Mg+2]. The summed E-state index contributed by atoms with van der Waals surface area (Å²) in [6, 6.07) is -0.561. The standard InChI is InChI=1S/C39H42N4O5.Mg/c1-9-12-15-48-32(44)14-13-25-21(6)28-16-26-19(4)23(10-2)30(40-26)17-27-20(5)24(11-3)31(41-27)18-29-22(7)33-37(43-29)34(36(25)42-28)35(38(33)45)39(46)47-8;/h9-10,12,16-18,21,25,35-36,45H,2,11,13-15H2,1,3-8H3;/q-4;+2/b12-9-,27-17-,28-16-,31-18-;/t21-,25-,35+,36?;/m0./s1. The maximum Gasteiger partial charge on any atom is 2.00 e. The van der Waals surface area contributed by atoms with Gasteiger partial charge in [0, 0.05) is 11.6 Å². The van der Waals surface area contributed by atoms with Crippen LogP contribution in [0.2, 0.25) is 0 Å². The summed E-state index contributed by atoms with van der Waals surface area (Å²) in [5.41, 5.74) is 8.43. The Balaban J connectivity index is 0.00000468. The van der Waals surface area contributed by atoms with Crippen LogP contribution in [-0.4, -0.2) is 59.9 Å². The number of ether oxygens (including phenoxy) is 2. The van der Waals surface area contributed by atoms with Gasteiger partial charge >= 0.3 is 35.0 Å². The summed E-state index contributed by atoms with van der Waals surface area (Å²) >= 11 is 0. The van der Waals surface area contributed by atoms with E-state index in [0.717, 1.165) is 62.0 Å². The van der Waals surface area contributed by atoms with Crippen molar-refractivity contribution >= 4 is 70.6 Å². The fourth-order valence-corrected chi connectivity index (χ4v) is 7.51. The third-order valence-corrected chi connectivity index (χ3v) is 10.2. The molecule has 1 unspecified atom stereocenters. The minimum atomic E-state index is -1.06. The summed E-state index contributed by atoms with van der Waals surface area (Å²) in [6.07, 6.45) is 12.8. The summed E-state index contributed by atoms with van der Waals surface area (Å²) in [6.45, 7) is 16.4. The molecule has 1 aliphatic carbocycles. The molecule has 0 spiro atoms. The van der Waals surface area contributed by atoms with Crippen molar-refractivity contribution in [2.24, 2.45) is 17.8 Å². The smallest absolute Gasteiger partial charge is 0.681 e. The first-order chi connectivity index (χ1) is 23.0. The Kier molecular flexibility index (Phi) is 10.6. The molecule has 6 rings (SSSR count). The third kappa shape index (κ3) is 6.14. The number of hydrogen-bond donors (Lipinski definition) is 1. The normalized spacial score (nSPS) is 23.1. The molecule has 0 radical (unpaired) electrons. The largest absolute Gasteiger partial charge is 2.00 e. The van der Waals surface area contributed by atoms with E-state index in [0.29, 0.717) is 28.3 Å². The topological polar surface area (TPSA) is 129 Å². The zero-order chi connectivity index (χ0) is 34.4. The number of aromatic nitrogens is 3. The van der Waals surface area contributed by atoms with Gasteiger partial charge in [-0.15, -0.1) is 33.1 Å². The van der Waals surface area contributed by atoms with Crippen molar-refractivity contribution in [2.45, 2.75) is 66.8 Å². The molecule has 0 amide bonds. The number of rotatable bonds is 8. The van der Waals surface area contributed by atoms with E-state index < -0.39 is 17.9 Å². The van der Waals surface area contributed by atoms with E-state index in [4.69, 9.17) is 29.7 Å². The number of methoxy groups -OCH3 is 1. The second-order valence-corrected chi connectivity index (χ2v) is 12.8. The number of fused-ring (bicyclic) bond motifs is 8. The number of carbonyl (C=O) groups excluding carboxylic acids is 2. The van der Waals surface area contributed by atoms with Crippen LogP contribution < -0.4 is 36.2 Å². The second-order valence-electron chi connectivity index (χ2n) is 12.8. The minimum absolute atomic E-state index is 0. The van der Waals surface area contributed by atoms with Gasteiger partial charge in [0.05, 0.1) is 7.11 Å². The van der Waals surface area contributed by atoms with E-state index in [1.165, 1.54) is 7.11 Å². The first-order valence-corrected chi connectivity index (χ1v) is 16.6. The maximum atomic E-state index is 13.4. The van der Waals surface area contributed by atoms with E-state index >= 15 is 0 Å². The molecule has 8 bridgehead atoms. The van der Waals surface area contributed by atoms with Crippen LogP contribution in [0.5, 0.6) is 0 Å². The first-order valence-electron chi connectivity index (χ1n) is 16.6. The predicted octanol–water partition coefficient (Wildman–Crippen LogP) is 2.85. The monoisotopic (exact) mass is 670 g/mol. The van der Waals surface area contributed by atoms with Crippen molar-refractivity contribution in [3.05, 3.63) is 95.9 Å². The van der Waals surface area contributed by atoms with Gasteiger partial charge in [-0.3, -0.25) is 9.59 Å². The molecule has 1 N–H and O–H groups in total. The van der Waals surface area contributed by atoms with Gasteiger partial charge in [-0.25, -0.2) is 0 Å². The molecule has 4 atom stereocenters. The Labute approximate surface area is 302 Å². The molecule has 3 aromatic rings.